The Labute approximate surface area is 91.8 Å². The van der Waals surface area contributed by atoms with Crippen molar-refractivity contribution in [3.63, 3.8) is 0 Å². The molecule has 0 aliphatic heterocycles. The van der Waals surface area contributed by atoms with Gasteiger partial charge in [-0.3, -0.25) is 4.79 Å². The molecule has 1 rings (SSSR count). The number of esters is 1. The van der Waals surface area contributed by atoms with E-state index in [1.165, 1.54) is 0 Å². The fraction of sp³-hybridized carbons (Fsp3) is 0.917. The largest absolute Gasteiger partial charge is 0.466 e. The smallest absolute Gasteiger partial charge is 0.309 e. The molecule has 15 heavy (non-hydrogen) atoms. The van der Waals surface area contributed by atoms with Gasteiger partial charge in [-0.2, -0.15) is 0 Å². The predicted octanol–water partition coefficient (Wildman–Crippen LogP) is 2.13. The van der Waals surface area contributed by atoms with Crippen molar-refractivity contribution in [2.75, 3.05) is 6.61 Å². The lowest BCUT2D eigenvalue weighted by Crippen LogP contribution is -2.45. The lowest BCUT2D eigenvalue weighted by atomic mass is 9.64. The van der Waals surface area contributed by atoms with Gasteiger partial charge in [0.15, 0.2) is 0 Å². The molecule has 1 aliphatic rings. The van der Waals surface area contributed by atoms with Crippen molar-refractivity contribution >= 4 is 5.97 Å². The second-order valence-electron chi connectivity index (χ2n) is 5.51. The third kappa shape index (κ3) is 2.94. The molecule has 0 aromatic carbocycles. The molecule has 0 aromatic rings. The molecule has 0 heterocycles. The number of hydrogen-bond acceptors (Lipinski definition) is 3. The Kier molecular flexibility index (Phi) is 3.44. The maximum absolute atomic E-state index is 11.7. The monoisotopic (exact) mass is 214 g/mol. The van der Waals surface area contributed by atoms with Crippen molar-refractivity contribution in [1.82, 2.24) is 0 Å². The van der Waals surface area contributed by atoms with Crippen LogP contribution in [-0.2, 0) is 9.53 Å². The predicted molar refractivity (Wildman–Crippen MR) is 58.4 cm³/mol. The maximum Gasteiger partial charge on any atom is 0.309 e. The first-order valence-electron chi connectivity index (χ1n) is 5.67. The van der Waals surface area contributed by atoms with Gasteiger partial charge in [0, 0.05) is 0 Å². The molecule has 1 aliphatic carbocycles. The number of carbonyl (C=O) groups is 1. The van der Waals surface area contributed by atoms with Crippen LogP contribution in [0, 0.1) is 11.3 Å². The molecule has 0 amide bonds. The Bertz CT molecular complexity index is 243. The maximum atomic E-state index is 11.7. The molecule has 2 unspecified atom stereocenters. The van der Waals surface area contributed by atoms with Crippen molar-refractivity contribution in [2.24, 2.45) is 11.3 Å². The Balaban J connectivity index is 2.72. The highest BCUT2D eigenvalue weighted by Crippen LogP contribution is 2.45. The van der Waals surface area contributed by atoms with E-state index in [-0.39, 0.29) is 17.3 Å². The van der Waals surface area contributed by atoms with E-state index in [1.54, 1.807) is 0 Å². The molecule has 2 atom stereocenters. The molecule has 0 radical (unpaired) electrons. The number of carbonyl (C=O) groups excluding carboxylic acids is 1. The highest BCUT2D eigenvalue weighted by molar-refractivity contribution is 5.73. The fourth-order valence-corrected chi connectivity index (χ4v) is 2.72. The topological polar surface area (TPSA) is 46.5 Å². The van der Waals surface area contributed by atoms with Crippen LogP contribution in [0.4, 0.5) is 0 Å². The minimum absolute atomic E-state index is 0.0716. The summed E-state index contributed by atoms with van der Waals surface area (Å²) < 4.78 is 5.06. The lowest BCUT2D eigenvalue weighted by molar-refractivity contribution is -0.158. The molecule has 0 saturated heterocycles. The summed E-state index contributed by atoms with van der Waals surface area (Å²) in [4.78, 5) is 11.7. The molecular formula is C12H22O3. The van der Waals surface area contributed by atoms with Gasteiger partial charge in [-0.05, 0) is 38.5 Å². The molecule has 0 spiro atoms. The zero-order chi connectivity index (χ0) is 11.7. The minimum Gasteiger partial charge on any atom is -0.466 e. The van der Waals surface area contributed by atoms with E-state index in [4.69, 9.17) is 4.74 Å². The van der Waals surface area contributed by atoms with E-state index in [2.05, 4.69) is 0 Å². The number of aliphatic hydroxyl groups is 1. The number of hydrogen-bond donors (Lipinski definition) is 1. The highest BCUT2D eigenvalue weighted by atomic mass is 16.5. The summed E-state index contributed by atoms with van der Waals surface area (Å²) in [6, 6.07) is 0. The molecule has 1 N–H and O–H groups in total. The molecule has 1 saturated carbocycles. The van der Waals surface area contributed by atoms with Gasteiger partial charge in [-0.1, -0.05) is 13.8 Å². The van der Waals surface area contributed by atoms with Gasteiger partial charge in [-0.25, -0.2) is 0 Å². The van der Waals surface area contributed by atoms with Crippen molar-refractivity contribution in [3.05, 3.63) is 0 Å². The van der Waals surface area contributed by atoms with Crippen LogP contribution >= 0.6 is 0 Å². The number of ether oxygens (including phenoxy) is 1. The average Bonchev–Trinajstić information content (AvgIpc) is 1.99. The van der Waals surface area contributed by atoms with Crippen LogP contribution in [0.5, 0.6) is 0 Å². The van der Waals surface area contributed by atoms with Gasteiger partial charge in [0.25, 0.3) is 0 Å². The summed E-state index contributed by atoms with van der Waals surface area (Å²) in [7, 11) is 0. The Morgan fingerprint density at radius 2 is 2.07 bits per heavy atom. The summed E-state index contributed by atoms with van der Waals surface area (Å²) in [5.74, 6) is -0.185. The molecule has 3 nitrogen and oxygen atoms in total. The quantitative estimate of drug-likeness (QED) is 0.716. The summed E-state index contributed by atoms with van der Waals surface area (Å²) in [6.07, 6.45) is 2.06. The van der Waals surface area contributed by atoms with Crippen molar-refractivity contribution in [1.29, 1.82) is 0 Å². The Hall–Kier alpha value is -0.570. The third-order valence-corrected chi connectivity index (χ3v) is 3.32. The standard InChI is InChI=1S/C12H22O3/c1-5-15-10(13)9-6-7-12(4,14)8-11(9,2)3/h9,14H,5-8H2,1-4H3. The molecule has 88 valence electrons. The fourth-order valence-electron chi connectivity index (χ4n) is 2.72. The zero-order valence-electron chi connectivity index (χ0n) is 10.2. The van der Waals surface area contributed by atoms with Gasteiger partial charge >= 0.3 is 5.97 Å². The minimum atomic E-state index is -0.632. The molecule has 0 bridgehead atoms. The SMILES string of the molecule is CCOC(=O)C1CCC(C)(O)CC1(C)C. The van der Waals surface area contributed by atoms with Gasteiger partial charge in [0.1, 0.15) is 0 Å². The van der Waals surface area contributed by atoms with Gasteiger partial charge in [0.2, 0.25) is 0 Å². The van der Waals surface area contributed by atoms with Crippen LogP contribution in [0.1, 0.15) is 47.0 Å². The summed E-state index contributed by atoms with van der Waals surface area (Å²) in [5.41, 5.74) is -0.805. The zero-order valence-corrected chi connectivity index (χ0v) is 10.2. The second kappa shape index (κ2) is 4.12. The van der Waals surface area contributed by atoms with E-state index < -0.39 is 5.60 Å². The first kappa shape index (κ1) is 12.5. The molecule has 1 fully saturated rings. The third-order valence-electron chi connectivity index (χ3n) is 3.32. The van der Waals surface area contributed by atoms with Crippen LogP contribution in [-0.4, -0.2) is 23.3 Å². The van der Waals surface area contributed by atoms with E-state index >= 15 is 0 Å². The van der Waals surface area contributed by atoms with Crippen LogP contribution in [0.3, 0.4) is 0 Å². The first-order valence-corrected chi connectivity index (χ1v) is 5.67. The number of rotatable bonds is 2. The van der Waals surface area contributed by atoms with Gasteiger partial charge in [-0.15, -0.1) is 0 Å². The average molecular weight is 214 g/mol. The Morgan fingerprint density at radius 1 is 1.47 bits per heavy atom. The summed E-state index contributed by atoms with van der Waals surface area (Å²) in [6.45, 7) is 8.16. The Morgan fingerprint density at radius 3 is 2.53 bits per heavy atom. The van der Waals surface area contributed by atoms with Crippen LogP contribution in [0.15, 0.2) is 0 Å². The van der Waals surface area contributed by atoms with Gasteiger partial charge in [0.05, 0.1) is 18.1 Å². The molecule has 0 aromatic heterocycles. The normalized spacial score (nSPS) is 34.9. The van der Waals surface area contributed by atoms with Crippen molar-refractivity contribution < 1.29 is 14.6 Å². The van der Waals surface area contributed by atoms with E-state index in [9.17, 15) is 9.90 Å². The lowest BCUT2D eigenvalue weighted by Gasteiger charge is -2.44. The van der Waals surface area contributed by atoms with Crippen molar-refractivity contribution in [3.8, 4) is 0 Å². The van der Waals surface area contributed by atoms with E-state index in [1.807, 2.05) is 27.7 Å². The van der Waals surface area contributed by atoms with Crippen molar-refractivity contribution in [2.45, 2.75) is 52.6 Å². The summed E-state index contributed by atoms with van der Waals surface area (Å²) >= 11 is 0. The van der Waals surface area contributed by atoms with E-state index in [0.29, 0.717) is 19.4 Å². The second-order valence-corrected chi connectivity index (χ2v) is 5.51. The van der Waals surface area contributed by atoms with Gasteiger partial charge < -0.3 is 9.84 Å². The summed E-state index contributed by atoms with van der Waals surface area (Å²) in [5, 5.41) is 9.99. The molecule has 3 heteroatoms. The van der Waals surface area contributed by atoms with Crippen LogP contribution < -0.4 is 0 Å². The molecular weight excluding hydrogens is 192 g/mol. The highest BCUT2D eigenvalue weighted by Gasteiger charge is 2.45. The van der Waals surface area contributed by atoms with Crippen LogP contribution in [0.2, 0.25) is 0 Å². The first-order chi connectivity index (χ1) is 6.78. The van der Waals surface area contributed by atoms with E-state index in [0.717, 1.165) is 6.42 Å². The van der Waals surface area contributed by atoms with Crippen LogP contribution in [0.25, 0.3) is 0 Å².